The van der Waals surface area contributed by atoms with Crippen LogP contribution >= 0.6 is 22.9 Å². The number of hydrogen-bond acceptors (Lipinski definition) is 9. The van der Waals surface area contributed by atoms with E-state index < -0.39 is 35.8 Å². The van der Waals surface area contributed by atoms with Crippen LogP contribution < -0.4 is 16.0 Å². The zero-order valence-electron chi connectivity index (χ0n) is 14.3. The Morgan fingerprint density at radius 1 is 1.44 bits per heavy atom. The van der Waals surface area contributed by atoms with Gasteiger partial charge in [0.1, 0.15) is 24.2 Å². The largest absolute Gasteiger partial charge is 0.467 e. The van der Waals surface area contributed by atoms with E-state index in [0.717, 1.165) is 11.3 Å². The maximum absolute atomic E-state index is 12.5. The number of hydrogen-bond donors (Lipinski definition) is 3. The monoisotopic (exact) mass is 417 g/mol. The highest BCUT2D eigenvalue weighted by Gasteiger charge is 2.46. The molecule has 1 fully saturated rings. The van der Waals surface area contributed by atoms with Gasteiger partial charge in [0.25, 0.3) is 5.91 Å². The summed E-state index contributed by atoms with van der Waals surface area (Å²) in [5.74, 6) is -2.72. The Morgan fingerprint density at radius 2 is 2.19 bits per heavy atom. The number of anilines is 1. The summed E-state index contributed by atoms with van der Waals surface area (Å²) >= 11 is 6.47. The molecule has 2 heterocycles. The number of methoxy groups -OCH3 is 1. The van der Waals surface area contributed by atoms with Gasteiger partial charge < -0.3 is 25.5 Å². The van der Waals surface area contributed by atoms with E-state index in [0.29, 0.717) is 0 Å². The Hall–Kier alpha value is -2.73. The second kappa shape index (κ2) is 9.28. The number of thiazole rings is 1. The summed E-state index contributed by atoms with van der Waals surface area (Å²) < 4.78 is 4.55. The molecule has 0 saturated carbocycles. The SMILES string of the molecule is CCON=C(C(=O)N[C@H]1C(=O)N[C@H]1C(=O)OC)c1csc(NC(=O)CCl)n1. The highest BCUT2D eigenvalue weighted by molar-refractivity contribution is 7.14. The molecule has 1 aromatic heterocycles. The molecule has 1 aliphatic rings. The molecule has 1 aliphatic heterocycles. The molecule has 0 unspecified atom stereocenters. The van der Waals surface area contributed by atoms with Crippen LogP contribution in [0.25, 0.3) is 0 Å². The number of rotatable bonds is 8. The first-order chi connectivity index (χ1) is 12.9. The van der Waals surface area contributed by atoms with Crippen molar-refractivity contribution in [3.8, 4) is 0 Å². The van der Waals surface area contributed by atoms with Gasteiger partial charge >= 0.3 is 5.97 Å². The van der Waals surface area contributed by atoms with Crippen LogP contribution in [0.15, 0.2) is 10.5 Å². The molecule has 3 amide bonds. The lowest BCUT2D eigenvalue weighted by Gasteiger charge is -2.34. The van der Waals surface area contributed by atoms with Crippen LogP contribution in [0.5, 0.6) is 0 Å². The molecule has 1 aromatic rings. The fourth-order valence-corrected chi connectivity index (χ4v) is 2.77. The molecule has 0 aliphatic carbocycles. The lowest BCUT2D eigenvalue weighted by Crippen LogP contribution is -2.72. The number of oxime groups is 1. The zero-order valence-corrected chi connectivity index (χ0v) is 15.8. The van der Waals surface area contributed by atoms with Crippen molar-refractivity contribution >= 4 is 57.5 Å². The molecule has 13 heteroatoms. The third kappa shape index (κ3) is 4.92. The van der Waals surface area contributed by atoms with Gasteiger partial charge in [0, 0.05) is 5.38 Å². The third-order valence-electron chi connectivity index (χ3n) is 3.27. The minimum atomic E-state index is -1.11. The molecular weight excluding hydrogens is 402 g/mol. The summed E-state index contributed by atoms with van der Waals surface area (Å²) in [6.45, 7) is 1.85. The topological polar surface area (TPSA) is 148 Å². The van der Waals surface area contributed by atoms with Crippen LogP contribution in [0.4, 0.5) is 5.13 Å². The standard InChI is InChI=1S/C14H16ClN5O6S/c1-3-26-20-8(6-5-27-14(16-6)17-7(21)4-15)11(22)18-9-10(13(24)25-2)19-12(9)23/h5,9-10H,3-4H2,1-2H3,(H,18,22)(H,19,23)(H,16,17,21)/t9-,10-/m1/s1. The maximum atomic E-state index is 12.5. The Labute approximate surface area is 162 Å². The fourth-order valence-electron chi connectivity index (χ4n) is 1.99. The number of β-lactam (4-membered cyclic amide) rings is 1. The molecular formula is C14H16ClN5O6S. The summed E-state index contributed by atoms with van der Waals surface area (Å²) in [5.41, 5.74) is -0.104. The van der Waals surface area contributed by atoms with Crippen molar-refractivity contribution in [2.75, 3.05) is 24.9 Å². The Bertz CT molecular complexity index is 782. The highest BCUT2D eigenvalue weighted by atomic mass is 35.5. The highest BCUT2D eigenvalue weighted by Crippen LogP contribution is 2.17. The molecule has 0 radical (unpaired) electrons. The van der Waals surface area contributed by atoms with Crippen LogP contribution in [0.2, 0.25) is 0 Å². The summed E-state index contributed by atoms with van der Waals surface area (Å²) in [6.07, 6.45) is 0. The van der Waals surface area contributed by atoms with Crippen molar-refractivity contribution in [1.29, 1.82) is 0 Å². The minimum Gasteiger partial charge on any atom is -0.467 e. The van der Waals surface area contributed by atoms with E-state index >= 15 is 0 Å². The van der Waals surface area contributed by atoms with E-state index in [-0.39, 0.29) is 29.0 Å². The number of amides is 3. The lowest BCUT2D eigenvalue weighted by molar-refractivity contribution is -0.153. The van der Waals surface area contributed by atoms with Gasteiger partial charge in [-0.05, 0) is 6.92 Å². The van der Waals surface area contributed by atoms with Gasteiger partial charge in [-0.25, -0.2) is 9.78 Å². The number of alkyl halides is 1. The van der Waals surface area contributed by atoms with E-state index in [1.165, 1.54) is 12.5 Å². The molecule has 27 heavy (non-hydrogen) atoms. The summed E-state index contributed by atoms with van der Waals surface area (Å²) in [7, 11) is 1.17. The van der Waals surface area contributed by atoms with Crippen molar-refractivity contribution in [2.24, 2.45) is 5.16 Å². The zero-order chi connectivity index (χ0) is 20.0. The summed E-state index contributed by atoms with van der Waals surface area (Å²) in [5, 5.41) is 12.6. The van der Waals surface area contributed by atoms with Crippen LogP contribution in [-0.4, -0.2) is 66.1 Å². The minimum absolute atomic E-state index is 0.116. The molecule has 1 saturated heterocycles. The van der Waals surface area contributed by atoms with Gasteiger partial charge in [-0.1, -0.05) is 5.16 Å². The van der Waals surface area contributed by atoms with Gasteiger partial charge in [-0.15, -0.1) is 22.9 Å². The average molecular weight is 418 g/mol. The quantitative estimate of drug-likeness (QED) is 0.165. The second-order valence-corrected chi connectivity index (χ2v) is 6.16. The number of carbonyl (C=O) groups is 4. The molecule has 0 bridgehead atoms. The van der Waals surface area contributed by atoms with Crippen molar-refractivity contribution in [3.05, 3.63) is 11.1 Å². The van der Waals surface area contributed by atoms with Gasteiger partial charge in [0.2, 0.25) is 11.8 Å². The molecule has 3 N–H and O–H groups in total. The van der Waals surface area contributed by atoms with Crippen molar-refractivity contribution in [1.82, 2.24) is 15.6 Å². The van der Waals surface area contributed by atoms with Crippen LogP contribution in [0, 0.1) is 0 Å². The van der Waals surface area contributed by atoms with Gasteiger partial charge in [-0.2, -0.15) is 0 Å². The number of halogens is 1. The first-order valence-corrected chi connectivity index (χ1v) is 9.03. The number of ether oxygens (including phenoxy) is 1. The number of aromatic nitrogens is 1. The van der Waals surface area contributed by atoms with Crippen LogP contribution in [0.1, 0.15) is 12.6 Å². The number of nitrogens with zero attached hydrogens (tertiary/aromatic N) is 2. The molecule has 0 spiro atoms. The van der Waals surface area contributed by atoms with Gasteiger partial charge in [0.15, 0.2) is 16.9 Å². The van der Waals surface area contributed by atoms with E-state index in [1.807, 2.05) is 0 Å². The van der Waals surface area contributed by atoms with E-state index in [4.69, 9.17) is 16.4 Å². The molecule has 11 nitrogen and oxygen atoms in total. The smallest absolute Gasteiger partial charge is 0.331 e. The Morgan fingerprint density at radius 3 is 2.78 bits per heavy atom. The van der Waals surface area contributed by atoms with E-state index in [1.54, 1.807) is 6.92 Å². The molecule has 2 rings (SSSR count). The predicted molar refractivity (Wildman–Crippen MR) is 95.5 cm³/mol. The summed E-state index contributed by atoms with van der Waals surface area (Å²) in [6, 6.07) is -2.10. The predicted octanol–water partition coefficient (Wildman–Crippen LogP) is -0.783. The van der Waals surface area contributed by atoms with E-state index in [9.17, 15) is 19.2 Å². The Balaban J connectivity index is 2.16. The van der Waals surface area contributed by atoms with Crippen LogP contribution in [0.3, 0.4) is 0 Å². The van der Waals surface area contributed by atoms with Crippen molar-refractivity contribution in [2.45, 2.75) is 19.0 Å². The number of nitrogens with one attached hydrogen (secondary N) is 3. The number of carbonyl (C=O) groups excluding carboxylic acids is 4. The molecule has 2 atom stereocenters. The van der Waals surface area contributed by atoms with Gasteiger partial charge in [0.05, 0.1) is 7.11 Å². The van der Waals surface area contributed by atoms with Crippen molar-refractivity contribution < 1.29 is 28.8 Å². The molecule has 0 aromatic carbocycles. The van der Waals surface area contributed by atoms with E-state index in [2.05, 4.69) is 30.8 Å². The summed E-state index contributed by atoms with van der Waals surface area (Å²) in [4.78, 5) is 56.1. The normalized spacial score (nSPS) is 18.8. The van der Waals surface area contributed by atoms with Crippen LogP contribution in [-0.2, 0) is 28.8 Å². The van der Waals surface area contributed by atoms with Crippen molar-refractivity contribution in [3.63, 3.8) is 0 Å². The first kappa shape index (κ1) is 20.6. The number of esters is 1. The third-order valence-corrected chi connectivity index (χ3v) is 4.27. The molecule has 146 valence electrons. The second-order valence-electron chi connectivity index (χ2n) is 5.04. The average Bonchev–Trinajstić information content (AvgIpc) is 3.11. The fraction of sp³-hybridized carbons (Fsp3) is 0.429. The Kier molecular flexibility index (Phi) is 7.07. The maximum Gasteiger partial charge on any atom is 0.331 e. The lowest BCUT2D eigenvalue weighted by atomic mass is 9.99. The first-order valence-electron chi connectivity index (χ1n) is 7.62. The van der Waals surface area contributed by atoms with Gasteiger partial charge in [-0.3, -0.25) is 14.4 Å².